The minimum atomic E-state index is -1.26. The quantitative estimate of drug-likeness (QED) is 0.440. The van der Waals surface area contributed by atoms with Gasteiger partial charge in [-0.25, -0.2) is 0 Å². The van der Waals surface area contributed by atoms with Gasteiger partial charge in [-0.3, -0.25) is 9.59 Å². The molecule has 4 rings (SSSR count). The molecule has 194 valence electrons. The van der Waals surface area contributed by atoms with Crippen LogP contribution >= 0.6 is 0 Å². The molecule has 1 saturated heterocycles. The summed E-state index contributed by atoms with van der Waals surface area (Å²) in [6.07, 6.45) is 7.09. The Morgan fingerprint density at radius 3 is 2.58 bits per heavy atom. The summed E-state index contributed by atoms with van der Waals surface area (Å²) in [4.78, 5) is 26.5. The minimum Gasteiger partial charge on any atom is -0.457 e. The summed E-state index contributed by atoms with van der Waals surface area (Å²) in [5.41, 5.74) is -0.635. The van der Waals surface area contributed by atoms with E-state index in [-0.39, 0.29) is 29.7 Å². The highest BCUT2D eigenvalue weighted by atomic mass is 16.5. The van der Waals surface area contributed by atoms with E-state index in [2.05, 4.69) is 18.8 Å². The second kappa shape index (κ2) is 9.98. The Labute approximate surface area is 214 Å². The van der Waals surface area contributed by atoms with Crippen molar-refractivity contribution in [3.8, 4) is 0 Å². The molecule has 2 fully saturated rings. The van der Waals surface area contributed by atoms with Gasteiger partial charge in [0.1, 0.15) is 11.5 Å². The second-order valence-corrected chi connectivity index (χ2v) is 11.3. The molecule has 6 nitrogen and oxygen atoms in total. The van der Waals surface area contributed by atoms with Gasteiger partial charge < -0.3 is 20.3 Å². The lowest BCUT2D eigenvalue weighted by Gasteiger charge is -2.52. The third-order valence-corrected chi connectivity index (χ3v) is 8.43. The van der Waals surface area contributed by atoms with E-state index in [4.69, 9.17) is 4.74 Å². The van der Waals surface area contributed by atoms with E-state index in [1.807, 2.05) is 49.4 Å². The normalized spacial score (nSPS) is 42.3. The molecule has 6 heteroatoms. The van der Waals surface area contributed by atoms with Crippen molar-refractivity contribution in [3.63, 3.8) is 0 Å². The van der Waals surface area contributed by atoms with Gasteiger partial charge in [0, 0.05) is 24.8 Å². The van der Waals surface area contributed by atoms with Gasteiger partial charge in [-0.1, -0.05) is 69.0 Å². The van der Waals surface area contributed by atoms with Crippen LogP contribution in [0.2, 0.25) is 0 Å². The van der Waals surface area contributed by atoms with Crippen LogP contribution in [0.5, 0.6) is 0 Å². The van der Waals surface area contributed by atoms with Crippen molar-refractivity contribution in [1.82, 2.24) is 5.32 Å². The highest BCUT2D eigenvalue weighted by Crippen LogP contribution is 2.58. The first-order chi connectivity index (χ1) is 17.0. The molecule has 1 aromatic rings. The zero-order chi connectivity index (χ0) is 26.3. The van der Waals surface area contributed by atoms with Crippen molar-refractivity contribution in [3.05, 3.63) is 72.4 Å². The van der Waals surface area contributed by atoms with E-state index >= 15 is 0 Å². The Kier molecular flexibility index (Phi) is 7.31. The number of ether oxygens (including phenoxy) is 1. The van der Waals surface area contributed by atoms with Gasteiger partial charge in [0.05, 0.1) is 11.7 Å². The number of hydrogen-bond donors (Lipinski definition) is 3. The zero-order valence-electron chi connectivity index (χ0n) is 21.7. The van der Waals surface area contributed by atoms with E-state index < -0.39 is 35.1 Å². The molecule has 0 radical (unpaired) electrons. The number of hydrogen-bond acceptors (Lipinski definition) is 5. The molecule has 1 aliphatic heterocycles. The molecular formula is C30H39NO5. The summed E-state index contributed by atoms with van der Waals surface area (Å²) in [5.74, 6) is -1.75. The fourth-order valence-corrected chi connectivity index (χ4v) is 6.90. The van der Waals surface area contributed by atoms with Crippen LogP contribution in [0.15, 0.2) is 66.8 Å². The van der Waals surface area contributed by atoms with Gasteiger partial charge in [-0.15, -0.1) is 0 Å². The standard InChI is InChI=1S/C30H39NO5/c1-18-10-9-13-23-27(33)20(3)19(2)26-24(16-22-11-7-6-8-12-22)31-28(34)30(23,26)25(36-21(4)32)14-15-29(5,35)17-18/h6-9,11-15,18-19,23-27,33,35H,3,10,16-17H2,1-2,4-5H3,(H,31,34)/b13-9+,15-14+/t18-,19+,23-,24+,25-,26?,27-,29+,30-/m1/s1. The largest absolute Gasteiger partial charge is 0.457 e. The molecule has 3 aliphatic rings. The number of aliphatic hydroxyl groups excluding tert-OH is 1. The Morgan fingerprint density at radius 1 is 1.22 bits per heavy atom. The SMILES string of the molecule is C=C1[C@@H](O)[C@H]2/C=C/C[C@@H](C)C[C@@](C)(O)/C=C/[C@@H](OC(C)=O)[C@]23C(=O)N[C@@H](Cc2ccccc2)C3[C@H]1C. The second-order valence-electron chi connectivity index (χ2n) is 11.3. The lowest BCUT2D eigenvalue weighted by atomic mass is 9.51. The van der Waals surface area contributed by atoms with E-state index in [0.29, 0.717) is 24.8 Å². The van der Waals surface area contributed by atoms with Gasteiger partial charge in [-0.05, 0) is 55.2 Å². The number of nitrogens with one attached hydrogen (secondary N) is 1. The van der Waals surface area contributed by atoms with Crippen LogP contribution in [0.25, 0.3) is 0 Å². The Balaban J connectivity index is 1.92. The molecule has 1 amide bonds. The highest BCUT2D eigenvalue weighted by molar-refractivity contribution is 5.89. The Morgan fingerprint density at radius 2 is 1.92 bits per heavy atom. The molecule has 0 aromatic heterocycles. The molecule has 1 aromatic carbocycles. The molecule has 1 unspecified atom stereocenters. The predicted octanol–water partition coefficient (Wildman–Crippen LogP) is 3.74. The van der Waals surface area contributed by atoms with Crippen LogP contribution in [0.4, 0.5) is 0 Å². The minimum absolute atomic E-state index is 0.170. The summed E-state index contributed by atoms with van der Waals surface area (Å²) in [7, 11) is 0. The lowest BCUT2D eigenvalue weighted by Crippen LogP contribution is -2.60. The number of rotatable bonds is 3. The van der Waals surface area contributed by atoms with Crippen molar-refractivity contribution < 1.29 is 24.5 Å². The first-order valence-corrected chi connectivity index (χ1v) is 12.9. The van der Waals surface area contributed by atoms with Gasteiger partial charge in [0.2, 0.25) is 5.91 Å². The maximum atomic E-state index is 14.2. The van der Waals surface area contributed by atoms with Crippen LogP contribution in [0.1, 0.15) is 46.1 Å². The van der Waals surface area contributed by atoms with Crippen LogP contribution in [0, 0.1) is 29.1 Å². The Bertz CT molecular complexity index is 1060. The summed E-state index contributed by atoms with van der Waals surface area (Å²) in [6.45, 7) is 11.3. The van der Waals surface area contributed by atoms with E-state index in [1.165, 1.54) is 6.92 Å². The molecule has 1 spiro atoms. The molecular weight excluding hydrogens is 454 g/mol. The molecule has 1 heterocycles. The lowest BCUT2D eigenvalue weighted by molar-refractivity contribution is -0.166. The number of carbonyl (C=O) groups is 2. The zero-order valence-corrected chi connectivity index (χ0v) is 21.7. The van der Waals surface area contributed by atoms with Gasteiger partial charge in [-0.2, -0.15) is 0 Å². The predicted molar refractivity (Wildman–Crippen MR) is 139 cm³/mol. The molecule has 2 aliphatic carbocycles. The number of aliphatic hydroxyl groups is 2. The van der Waals surface area contributed by atoms with Crippen LogP contribution < -0.4 is 5.32 Å². The van der Waals surface area contributed by atoms with E-state index in [0.717, 1.165) is 5.56 Å². The first-order valence-electron chi connectivity index (χ1n) is 12.9. The highest BCUT2D eigenvalue weighted by Gasteiger charge is 2.68. The summed E-state index contributed by atoms with van der Waals surface area (Å²) < 4.78 is 5.89. The fraction of sp³-hybridized carbons (Fsp3) is 0.533. The van der Waals surface area contributed by atoms with Crippen LogP contribution in [0.3, 0.4) is 0 Å². The summed E-state index contributed by atoms with van der Waals surface area (Å²) in [6, 6.07) is 9.73. The number of carbonyl (C=O) groups excluding carboxylic acids is 2. The summed E-state index contributed by atoms with van der Waals surface area (Å²) >= 11 is 0. The number of amides is 1. The third-order valence-electron chi connectivity index (χ3n) is 8.43. The average molecular weight is 494 g/mol. The summed E-state index contributed by atoms with van der Waals surface area (Å²) in [5, 5.41) is 25.8. The van der Waals surface area contributed by atoms with Gasteiger partial charge in [0.15, 0.2) is 0 Å². The monoisotopic (exact) mass is 493 g/mol. The molecule has 0 bridgehead atoms. The molecule has 9 atom stereocenters. The van der Waals surface area contributed by atoms with Crippen molar-refractivity contribution in [2.24, 2.45) is 29.1 Å². The Hall–Kier alpha value is -2.70. The van der Waals surface area contributed by atoms with Crippen LogP contribution in [-0.2, 0) is 20.7 Å². The fourth-order valence-electron chi connectivity index (χ4n) is 6.90. The van der Waals surface area contributed by atoms with E-state index in [9.17, 15) is 19.8 Å². The smallest absolute Gasteiger partial charge is 0.303 e. The van der Waals surface area contributed by atoms with Crippen LogP contribution in [-0.4, -0.2) is 45.9 Å². The third kappa shape index (κ3) is 4.69. The van der Waals surface area contributed by atoms with Crippen molar-refractivity contribution in [2.45, 2.75) is 70.8 Å². The first kappa shape index (κ1) is 26.4. The van der Waals surface area contributed by atoms with Crippen molar-refractivity contribution in [1.29, 1.82) is 0 Å². The topological polar surface area (TPSA) is 95.9 Å². The maximum Gasteiger partial charge on any atom is 0.303 e. The maximum absolute atomic E-state index is 14.2. The van der Waals surface area contributed by atoms with Crippen molar-refractivity contribution in [2.75, 3.05) is 0 Å². The number of esters is 1. The molecule has 36 heavy (non-hydrogen) atoms. The van der Waals surface area contributed by atoms with Gasteiger partial charge in [0.25, 0.3) is 0 Å². The number of benzene rings is 1. The molecule has 1 saturated carbocycles. The number of allylic oxidation sites excluding steroid dienone is 1. The van der Waals surface area contributed by atoms with E-state index in [1.54, 1.807) is 19.1 Å². The molecule has 3 N–H and O–H groups in total. The van der Waals surface area contributed by atoms with Crippen molar-refractivity contribution >= 4 is 11.9 Å². The average Bonchev–Trinajstić information content (AvgIpc) is 3.08. The van der Waals surface area contributed by atoms with Gasteiger partial charge >= 0.3 is 5.97 Å².